The first kappa shape index (κ1) is 12.2. The van der Waals surface area contributed by atoms with Gasteiger partial charge < -0.3 is 10.6 Å². The molecule has 96 valence electrons. The maximum atomic E-state index is 12.0. The van der Waals surface area contributed by atoms with E-state index in [1.54, 1.807) is 4.90 Å². The standard InChI is InChI=1S/C15H13ClN2O/c16-11-6-4-5-10(9-11)14-13(17)15(19)18(14)12-7-2-1-3-8-12/h1-9,13-14H,17H2/t13-,14-/m1/s1. The Balaban J connectivity index is 1.98. The molecule has 0 bridgehead atoms. The number of benzene rings is 2. The van der Waals surface area contributed by atoms with Crippen LogP contribution in [0.2, 0.25) is 5.02 Å². The van der Waals surface area contributed by atoms with Gasteiger partial charge in [0.1, 0.15) is 6.04 Å². The third kappa shape index (κ3) is 2.01. The third-order valence-corrected chi connectivity index (χ3v) is 3.60. The Morgan fingerprint density at radius 2 is 1.79 bits per heavy atom. The van der Waals surface area contributed by atoms with Gasteiger partial charge in [-0.2, -0.15) is 0 Å². The Kier molecular flexibility index (Phi) is 3.01. The van der Waals surface area contributed by atoms with Gasteiger partial charge in [-0.05, 0) is 29.8 Å². The molecule has 2 aromatic carbocycles. The van der Waals surface area contributed by atoms with Crippen molar-refractivity contribution in [1.29, 1.82) is 0 Å². The Morgan fingerprint density at radius 1 is 1.05 bits per heavy atom. The summed E-state index contributed by atoms with van der Waals surface area (Å²) in [5.74, 6) is -0.0591. The van der Waals surface area contributed by atoms with Gasteiger partial charge in [0, 0.05) is 10.7 Å². The predicted molar refractivity (Wildman–Crippen MR) is 76.1 cm³/mol. The van der Waals surface area contributed by atoms with Crippen molar-refractivity contribution in [2.45, 2.75) is 12.1 Å². The topological polar surface area (TPSA) is 46.3 Å². The quantitative estimate of drug-likeness (QED) is 0.855. The second-order valence-electron chi connectivity index (χ2n) is 4.57. The number of amides is 1. The molecule has 2 aromatic rings. The second-order valence-corrected chi connectivity index (χ2v) is 5.01. The molecule has 1 aliphatic rings. The van der Waals surface area contributed by atoms with Crippen LogP contribution in [0, 0.1) is 0 Å². The number of nitrogens with zero attached hydrogens (tertiary/aromatic N) is 1. The molecule has 2 N–H and O–H groups in total. The SMILES string of the molecule is N[C@H]1C(=O)N(c2ccccc2)[C@@H]1c1cccc(Cl)c1. The Morgan fingerprint density at radius 3 is 2.47 bits per heavy atom. The second kappa shape index (κ2) is 4.68. The molecule has 0 aromatic heterocycles. The van der Waals surface area contributed by atoms with Gasteiger partial charge in [0.25, 0.3) is 0 Å². The number of hydrogen-bond donors (Lipinski definition) is 1. The predicted octanol–water partition coefficient (Wildman–Crippen LogP) is 2.76. The van der Waals surface area contributed by atoms with Crippen LogP contribution in [0.3, 0.4) is 0 Å². The normalized spacial score (nSPS) is 22.2. The Labute approximate surface area is 116 Å². The highest BCUT2D eigenvalue weighted by Crippen LogP contribution is 2.38. The number of carbonyl (C=O) groups is 1. The monoisotopic (exact) mass is 272 g/mol. The lowest BCUT2D eigenvalue weighted by atomic mass is 9.88. The van der Waals surface area contributed by atoms with E-state index in [9.17, 15) is 4.79 Å². The van der Waals surface area contributed by atoms with Crippen LogP contribution in [0.4, 0.5) is 5.69 Å². The lowest BCUT2D eigenvalue weighted by Crippen LogP contribution is -2.63. The first-order valence-corrected chi connectivity index (χ1v) is 6.45. The van der Waals surface area contributed by atoms with Crippen molar-refractivity contribution < 1.29 is 4.79 Å². The number of para-hydroxylation sites is 1. The summed E-state index contributed by atoms with van der Waals surface area (Å²) in [6.45, 7) is 0. The number of anilines is 1. The van der Waals surface area contributed by atoms with Crippen LogP contribution < -0.4 is 10.6 Å². The number of β-lactam (4-membered cyclic amide) rings is 1. The summed E-state index contributed by atoms with van der Waals surface area (Å²) in [5, 5.41) is 0.650. The van der Waals surface area contributed by atoms with E-state index in [2.05, 4.69) is 0 Å². The van der Waals surface area contributed by atoms with Crippen LogP contribution in [0.5, 0.6) is 0 Å². The van der Waals surface area contributed by atoms with Crippen molar-refractivity contribution in [3.8, 4) is 0 Å². The highest BCUT2D eigenvalue weighted by molar-refractivity contribution is 6.30. The largest absolute Gasteiger partial charge is 0.318 e. The molecule has 0 saturated carbocycles. The molecule has 3 rings (SSSR count). The van der Waals surface area contributed by atoms with Gasteiger partial charge in [-0.25, -0.2) is 0 Å². The summed E-state index contributed by atoms with van der Waals surface area (Å²) in [6, 6.07) is 16.4. The van der Waals surface area contributed by atoms with Crippen LogP contribution in [0.1, 0.15) is 11.6 Å². The van der Waals surface area contributed by atoms with Crippen molar-refractivity contribution in [2.75, 3.05) is 4.90 Å². The molecule has 19 heavy (non-hydrogen) atoms. The molecule has 1 heterocycles. The van der Waals surface area contributed by atoms with Crippen molar-refractivity contribution in [1.82, 2.24) is 0 Å². The fourth-order valence-electron chi connectivity index (χ4n) is 2.43. The zero-order valence-electron chi connectivity index (χ0n) is 10.2. The van der Waals surface area contributed by atoms with Gasteiger partial charge in [0.2, 0.25) is 5.91 Å². The molecule has 2 atom stereocenters. The first-order valence-electron chi connectivity index (χ1n) is 6.07. The summed E-state index contributed by atoms with van der Waals surface area (Å²) >= 11 is 6.00. The molecule has 1 fully saturated rings. The number of rotatable bonds is 2. The summed E-state index contributed by atoms with van der Waals surface area (Å²) < 4.78 is 0. The van der Waals surface area contributed by atoms with E-state index in [0.29, 0.717) is 5.02 Å². The van der Waals surface area contributed by atoms with E-state index >= 15 is 0 Å². The summed E-state index contributed by atoms with van der Waals surface area (Å²) in [6.07, 6.45) is 0. The molecule has 1 amide bonds. The van der Waals surface area contributed by atoms with Crippen LogP contribution in [-0.2, 0) is 4.79 Å². The lowest BCUT2D eigenvalue weighted by Gasteiger charge is -2.45. The molecule has 0 aliphatic carbocycles. The first-order chi connectivity index (χ1) is 9.18. The van der Waals surface area contributed by atoms with Crippen LogP contribution in [-0.4, -0.2) is 11.9 Å². The highest BCUT2D eigenvalue weighted by atomic mass is 35.5. The fraction of sp³-hybridized carbons (Fsp3) is 0.133. The zero-order chi connectivity index (χ0) is 13.4. The van der Waals surface area contributed by atoms with E-state index in [-0.39, 0.29) is 11.9 Å². The fourth-order valence-corrected chi connectivity index (χ4v) is 2.63. The highest BCUT2D eigenvalue weighted by Gasteiger charge is 2.46. The van der Waals surface area contributed by atoms with E-state index in [0.717, 1.165) is 11.3 Å². The van der Waals surface area contributed by atoms with Crippen molar-refractivity contribution in [2.24, 2.45) is 5.73 Å². The van der Waals surface area contributed by atoms with Gasteiger partial charge >= 0.3 is 0 Å². The number of halogens is 1. The van der Waals surface area contributed by atoms with E-state index in [1.807, 2.05) is 54.6 Å². The minimum Gasteiger partial charge on any atom is -0.318 e. The maximum absolute atomic E-state index is 12.0. The molecule has 1 aliphatic heterocycles. The van der Waals surface area contributed by atoms with E-state index in [1.165, 1.54) is 0 Å². The molecular weight excluding hydrogens is 260 g/mol. The van der Waals surface area contributed by atoms with Crippen LogP contribution >= 0.6 is 11.6 Å². The molecule has 3 nitrogen and oxygen atoms in total. The molecule has 1 saturated heterocycles. The Hall–Kier alpha value is -1.84. The third-order valence-electron chi connectivity index (χ3n) is 3.37. The lowest BCUT2D eigenvalue weighted by molar-refractivity contribution is -0.126. The van der Waals surface area contributed by atoms with Crippen molar-refractivity contribution in [3.05, 3.63) is 65.2 Å². The molecule has 0 unspecified atom stereocenters. The van der Waals surface area contributed by atoms with Gasteiger partial charge in [0.15, 0.2) is 0 Å². The zero-order valence-corrected chi connectivity index (χ0v) is 10.9. The van der Waals surface area contributed by atoms with Gasteiger partial charge in [-0.1, -0.05) is 41.9 Å². The van der Waals surface area contributed by atoms with Gasteiger partial charge in [-0.3, -0.25) is 4.79 Å². The number of hydrogen-bond acceptors (Lipinski definition) is 2. The minimum absolute atomic E-state index is 0.0591. The molecule has 0 radical (unpaired) electrons. The van der Waals surface area contributed by atoms with Crippen molar-refractivity contribution in [3.63, 3.8) is 0 Å². The molecule has 4 heteroatoms. The minimum atomic E-state index is -0.501. The van der Waals surface area contributed by atoms with Crippen molar-refractivity contribution >= 4 is 23.2 Å². The summed E-state index contributed by atoms with van der Waals surface area (Å²) in [4.78, 5) is 13.7. The van der Waals surface area contributed by atoms with Gasteiger partial charge in [-0.15, -0.1) is 0 Å². The Bertz CT molecular complexity index is 615. The van der Waals surface area contributed by atoms with Gasteiger partial charge in [0.05, 0.1) is 6.04 Å². The summed E-state index contributed by atoms with van der Waals surface area (Å²) in [7, 11) is 0. The average molecular weight is 273 g/mol. The number of carbonyl (C=O) groups excluding carboxylic acids is 1. The van der Waals surface area contributed by atoms with Crippen LogP contribution in [0.15, 0.2) is 54.6 Å². The molecular formula is C15H13ClN2O. The smallest absolute Gasteiger partial charge is 0.247 e. The molecule has 0 spiro atoms. The summed E-state index contributed by atoms with van der Waals surface area (Å²) in [5.41, 5.74) is 7.76. The van der Waals surface area contributed by atoms with E-state index < -0.39 is 6.04 Å². The maximum Gasteiger partial charge on any atom is 0.247 e. The number of nitrogens with two attached hydrogens (primary N) is 1. The van der Waals surface area contributed by atoms with Crippen LogP contribution in [0.25, 0.3) is 0 Å². The average Bonchev–Trinajstić information content (AvgIpc) is 2.44. The van der Waals surface area contributed by atoms with E-state index in [4.69, 9.17) is 17.3 Å².